The van der Waals surface area contributed by atoms with Gasteiger partial charge in [-0.25, -0.2) is 9.98 Å². The molecule has 4 heteroatoms. The van der Waals surface area contributed by atoms with Gasteiger partial charge >= 0.3 is 0 Å². The number of furan rings is 2. The number of benzene rings is 7. The number of hydrogen-bond donors (Lipinski definition) is 0. The summed E-state index contributed by atoms with van der Waals surface area (Å²) in [5.74, 6) is 0.567. The Morgan fingerprint density at radius 3 is 1.65 bits per heavy atom. The number of allylic oxidation sites excluding steroid dienone is 1. The third-order valence-corrected chi connectivity index (χ3v) is 9.46. The van der Waals surface area contributed by atoms with Crippen LogP contribution < -0.4 is 0 Å². The Morgan fingerprint density at radius 2 is 1.02 bits per heavy atom. The molecule has 0 atom stereocenters. The van der Waals surface area contributed by atoms with Crippen LogP contribution in [-0.2, 0) is 6.42 Å². The number of fused-ring (bicyclic) bond motifs is 7. The van der Waals surface area contributed by atoms with Crippen molar-refractivity contribution in [3.05, 3.63) is 187 Å². The molecule has 0 saturated heterocycles. The van der Waals surface area contributed by atoms with Crippen LogP contribution in [0.4, 0.5) is 0 Å². The fourth-order valence-electron chi connectivity index (χ4n) is 6.87. The van der Waals surface area contributed by atoms with E-state index in [0.29, 0.717) is 5.84 Å². The minimum Gasteiger partial charge on any atom is -0.452 e. The highest BCUT2D eigenvalue weighted by Gasteiger charge is 2.17. The molecule has 242 valence electrons. The molecule has 9 rings (SSSR count). The maximum absolute atomic E-state index is 6.48. The number of rotatable bonds is 7. The second-order valence-corrected chi connectivity index (χ2v) is 12.6. The summed E-state index contributed by atoms with van der Waals surface area (Å²) in [7, 11) is 0. The lowest BCUT2D eigenvalue weighted by Gasteiger charge is -2.08. The third kappa shape index (κ3) is 5.73. The average Bonchev–Trinajstić information content (AvgIpc) is 3.77. The van der Waals surface area contributed by atoms with Gasteiger partial charge in [-0.15, -0.1) is 0 Å². The largest absolute Gasteiger partial charge is 0.452 e. The second-order valence-electron chi connectivity index (χ2n) is 12.6. The van der Waals surface area contributed by atoms with Gasteiger partial charge in [0.15, 0.2) is 17.0 Å². The Morgan fingerprint density at radius 1 is 0.490 bits per heavy atom. The molecular formula is C47H32N2O2. The van der Waals surface area contributed by atoms with Crippen LogP contribution in [0.2, 0.25) is 0 Å². The molecule has 0 unspecified atom stereocenters. The summed E-state index contributed by atoms with van der Waals surface area (Å²) in [4.78, 5) is 9.46. The van der Waals surface area contributed by atoms with Gasteiger partial charge in [0.1, 0.15) is 11.2 Å². The Kier molecular flexibility index (Phi) is 7.67. The van der Waals surface area contributed by atoms with Gasteiger partial charge in [0.25, 0.3) is 0 Å². The molecule has 4 nitrogen and oxygen atoms in total. The zero-order valence-electron chi connectivity index (χ0n) is 27.8. The number of nitrogens with zero attached hydrogens (tertiary/aromatic N) is 2. The van der Waals surface area contributed by atoms with Crippen LogP contribution in [-0.4, -0.2) is 12.6 Å². The molecule has 0 fully saturated rings. The Hall–Kier alpha value is -6.78. The van der Waals surface area contributed by atoms with Gasteiger partial charge in [0, 0.05) is 27.1 Å². The monoisotopic (exact) mass is 656 g/mol. The molecule has 0 aliphatic carbocycles. The van der Waals surface area contributed by atoms with E-state index in [4.69, 9.17) is 13.8 Å². The molecule has 2 aromatic heterocycles. The summed E-state index contributed by atoms with van der Waals surface area (Å²) in [6.45, 7) is 3.90. The fourth-order valence-corrected chi connectivity index (χ4v) is 6.87. The maximum atomic E-state index is 6.48. The molecule has 0 bridgehead atoms. The van der Waals surface area contributed by atoms with Gasteiger partial charge in [-0.05, 0) is 89.0 Å². The number of hydrogen-bond acceptors (Lipinski definition) is 3. The van der Waals surface area contributed by atoms with Crippen molar-refractivity contribution in [3.8, 4) is 22.3 Å². The predicted octanol–water partition coefficient (Wildman–Crippen LogP) is 12.6. The van der Waals surface area contributed by atoms with Crippen LogP contribution in [0.1, 0.15) is 16.7 Å². The summed E-state index contributed by atoms with van der Waals surface area (Å²) >= 11 is 0. The van der Waals surface area contributed by atoms with Crippen molar-refractivity contribution in [3.63, 3.8) is 0 Å². The first kappa shape index (κ1) is 30.3. The predicted molar refractivity (Wildman–Crippen MR) is 213 cm³/mol. The molecule has 7 aromatic carbocycles. The van der Waals surface area contributed by atoms with Crippen LogP contribution in [0.3, 0.4) is 0 Å². The van der Waals surface area contributed by atoms with E-state index in [0.717, 1.165) is 83.8 Å². The van der Waals surface area contributed by atoms with E-state index in [-0.39, 0.29) is 0 Å². The van der Waals surface area contributed by atoms with Crippen LogP contribution in [0.5, 0.6) is 0 Å². The lowest BCUT2D eigenvalue weighted by atomic mass is 10.00. The molecule has 0 spiro atoms. The van der Waals surface area contributed by atoms with Gasteiger partial charge in [0.05, 0.1) is 5.70 Å². The van der Waals surface area contributed by atoms with Gasteiger partial charge in [-0.3, -0.25) is 0 Å². The first-order chi connectivity index (χ1) is 25.2. The van der Waals surface area contributed by atoms with Gasteiger partial charge in [0.2, 0.25) is 0 Å². The highest BCUT2D eigenvalue weighted by atomic mass is 16.4. The minimum absolute atomic E-state index is 0.567. The quantitative estimate of drug-likeness (QED) is 0.127. The van der Waals surface area contributed by atoms with Gasteiger partial charge in [-0.1, -0.05) is 127 Å². The lowest BCUT2D eigenvalue weighted by molar-refractivity contribution is 0.633. The summed E-state index contributed by atoms with van der Waals surface area (Å²) in [6, 6.07) is 56.3. The van der Waals surface area contributed by atoms with E-state index < -0.39 is 0 Å². The lowest BCUT2D eigenvalue weighted by Crippen LogP contribution is -1.98. The standard InChI is InChI=1S/C47H32N2O2/c1-48-47(49-42(33-16-9-4-10-17-33)25-20-31-12-5-2-6-13-31)37-19-11-18-34(28-37)36-22-27-44-41(30-36)39-24-23-38-40-29-35(32-14-7-3-8-15-32)21-26-43(40)50-45(38)46(39)51-44/h2-19,21-30H,1,20H2/b42-25-,49-47?. The van der Waals surface area contributed by atoms with Gasteiger partial charge < -0.3 is 8.83 Å². The van der Waals surface area contributed by atoms with E-state index >= 15 is 0 Å². The maximum Gasteiger partial charge on any atom is 0.178 e. The SMILES string of the molecule is C=NC(=N/C(=C\Cc1ccccc1)c1ccccc1)c1cccc(-c2ccc3oc4c(ccc5c6cc(-c7ccccc7)ccc6oc54)c3c2)c1. The van der Waals surface area contributed by atoms with Gasteiger partial charge in [-0.2, -0.15) is 0 Å². The zero-order chi connectivity index (χ0) is 34.1. The van der Waals surface area contributed by atoms with Crippen molar-refractivity contribution in [1.29, 1.82) is 0 Å². The second kappa shape index (κ2) is 12.9. The first-order valence-corrected chi connectivity index (χ1v) is 17.0. The van der Waals surface area contributed by atoms with Crippen LogP contribution in [0.25, 0.3) is 71.8 Å². The number of aliphatic imine (C=N–C) groups is 2. The van der Waals surface area contributed by atoms with Crippen LogP contribution >= 0.6 is 0 Å². The summed E-state index contributed by atoms with van der Waals surface area (Å²) in [5, 5.41) is 4.17. The Bertz CT molecular complexity index is 2770. The highest BCUT2D eigenvalue weighted by Crippen LogP contribution is 2.40. The van der Waals surface area contributed by atoms with E-state index in [2.05, 4.69) is 133 Å². The summed E-state index contributed by atoms with van der Waals surface area (Å²) < 4.78 is 12.9. The van der Waals surface area contributed by atoms with Crippen LogP contribution in [0.15, 0.2) is 189 Å². The van der Waals surface area contributed by atoms with E-state index in [1.54, 1.807) is 0 Å². The molecule has 0 saturated carbocycles. The van der Waals surface area contributed by atoms with Crippen molar-refractivity contribution in [2.75, 3.05) is 0 Å². The smallest absolute Gasteiger partial charge is 0.178 e. The first-order valence-electron chi connectivity index (χ1n) is 17.0. The third-order valence-electron chi connectivity index (χ3n) is 9.46. The molecule has 0 N–H and O–H groups in total. The Balaban J connectivity index is 1.09. The molecule has 0 aliphatic rings. The van der Waals surface area contributed by atoms with Crippen molar-refractivity contribution in [2.45, 2.75) is 6.42 Å². The summed E-state index contributed by atoms with van der Waals surface area (Å²) in [5.41, 5.74) is 11.6. The Labute approximate surface area is 295 Å². The molecular weight excluding hydrogens is 625 g/mol. The number of amidine groups is 1. The highest BCUT2D eigenvalue weighted by molar-refractivity contribution is 6.19. The van der Waals surface area contributed by atoms with Crippen molar-refractivity contribution in [1.82, 2.24) is 0 Å². The normalized spacial score (nSPS) is 12.3. The van der Waals surface area contributed by atoms with Crippen molar-refractivity contribution < 1.29 is 8.83 Å². The molecule has 51 heavy (non-hydrogen) atoms. The van der Waals surface area contributed by atoms with E-state index in [1.165, 1.54) is 11.1 Å². The van der Waals surface area contributed by atoms with E-state index in [9.17, 15) is 0 Å². The van der Waals surface area contributed by atoms with Crippen molar-refractivity contribution >= 4 is 62.1 Å². The zero-order valence-corrected chi connectivity index (χ0v) is 27.8. The topological polar surface area (TPSA) is 51.0 Å². The molecule has 2 heterocycles. The average molecular weight is 657 g/mol. The molecule has 0 radical (unpaired) electrons. The fraction of sp³-hybridized carbons (Fsp3) is 0.0213. The molecule has 0 aliphatic heterocycles. The van der Waals surface area contributed by atoms with Crippen molar-refractivity contribution in [2.24, 2.45) is 9.98 Å². The van der Waals surface area contributed by atoms with E-state index in [1.807, 2.05) is 48.5 Å². The minimum atomic E-state index is 0.567. The molecule has 0 amide bonds. The molecule has 9 aromatic rings. The summed E-state index contributed by atoms with van der Waals surface area (Å²) in [6.07, 6.45) is 2.91. The van der Waals surface area contributed by atoms with Crippen LogP contribution in [0, 0.1) is 0 Å².